The highest BCUT2D eigenvalue weighted by atomic mass is 32.2. The van der Waals surface area contributed by atoms with Crippen molar-refractivity contribution in [2.45, 2.75) is 37.6 Å². The first-order chi connectivity index (χ1) is 6.19. The van der Waals surface area contributed by atoms with E-state index in [9.17, 15) is 0 Å². The fourth-order valence-corrected chi connectivity index (χ4v) is 1.78. The van der Waals surface area contributed by atoms with Crippen LogP contribution in [0, 0.1) is 12.3 Å². The van der Waals surface area contributed by atoms with E-state index < -0.39 is 0 Å². The zero-order chi connectivity index (χ0) is 10.3. The van der Waals surface area contributed by atoms with E-state index in [4.69, 9.17) is 11.5 Å². The van der Waals surface area contributed by atoms with Gasteiger partial charge in [0.2, 0.25) is 0 Å². The Labute approximate surface area is 85.5 Å². The summed E-state index contributed by atoms with van der Waals surface area (Å²) >= 11 is 1.66. The Bertz CT molecular complexity index is 163. The molecule has 0 aromatic rings. The minimum atomic E-state index is 0.121. The minimum Gasteiger partial charge on any atom is -0.395 e. The minimum absolute atomic E-state index is 0.121. The van der Waals surface area contributed by atoms with Crippen molar-refractivity contribution in [3.05, 3.63) is 0 Å². The summed E-state index contributed by atoms with van der Waals surface area (Å²) in [6.45, 7) is 4.30. The van der Waals surface area contributed by atoms with Crippen molar-refractivity contribution >= 4 is 11.8 Å². The molecule has 0 amide bonds. The van der Waals surface area contributed by atoms with Crippen LogP contribution in [0.3, 0.4) is 0 Å². The topological polar surface area (TPSA) is 32.3 Å². The largest absolute Gasteiger partial charge is 0.395 e. The Balaban J connectivity index is 3.96. The molecule has 0 rings (SSSR count). The second kappa shape index (κ2) is 7.25. The molecule has 0 aliphatic carbocycles. The second-order valence-electron chi connectivity index (χ2n) is 3.04. The van der Waals surface area contributed by atoms with E-state index in [2.05, 4.69) is 25.1 Å². The number of hydrogen-bond donors (Lipinski definition) is 2. The van der Waals surface area contributed by atoms with E-state index >= 15 is 0 Å². The van der Waals surface area contributed by atoms with E-state index in [-0.39, 0.29) is 23.9 Å². The van der Waals surface area contributed by atoms with Crippen molar-refractivity contribution in [1.29, 1.82) is 0 Å². The maximum Gasteiger partial charge on any atom is 0.0686 e. The van der Waals surface area contributed by atoms with Gasteiger partial charge in [-0.05, 0) is 19.6 Å². The highest BCUT2D eigenvalue weighted by Gasteiger charge is 2.16. The van der Waals surface area contributed by atoms with E-state index in [0.717, 1.165) is 6.42 Å². The number of aliphatic hydroxyl groups excluding tert-OH is 1. The van der Waals surface area contributed by atoms with E-state index in [0.29, 0.717) is 0 Å². The average molecular weight is 201 g/mol. The zero-order valence-corrected chi connectivity index (χ0v) is 9.40. The van der Waals surface area contributed by atoms with Crippen LogP contribution in [0.5, 0.6) is 0 Å². The van der Waals surface area contributed by atoms with Crippen LogP contribution in [0.4, 0.5) is 0 Å². The SMILES string of the molecule is C#CC(CC)NC(C)C(CO)SC. The first-order valence-corrected chi connectivity index (χ1v) is 5.84. The predicted molar refractivity (Wildman–Crippen MR) is 59.9 cm³/mol. The number of hydrogen-bond acceptors (Lipinski definition) is 3. The molecule has 0 radical (unpaired) electrons. The Hall–Kier alpha value is -0.170. The smallest absolute Gasteiger partial charge is 0.0686 e. The molecule has 3 unspecified atom stereocenters. The molecule has 2 N–H and O–H groups in total. The molecule has 0 aliphatic heterocycles. The summed E-state index contributed by atoms with van der Waals surface area (Å²) in [5, 5.41) is 12.6. The molecule has 0 bridgehead atoms. The Kier molecular flexibility index (Phi) is 7.16. The predicted octanol–water partition coefficient (Wildman–Crippen LogP) is 1.10. The lowest BCUT2D eigenvalue weighted by atomic mass is 10.1. The summed E-state index contributed by atoms with van der Waals surface area (Å²) < 4.78 is 0. The van der Waals surface area contributed by atoms with E-state index in [1.165, 1.54) is 0 Å². The van der Waals surface area contributed by atoms with Gasteiger partial charge in [-0.2, -0.15) is 11.8 Å². The molecule has 3 heteroatoms. The maximum atomic E-state index is 9.04. The zero-order valence-electron chi connectivity index (χ0n) is 8.58. The van der Waals surface area contributed by atoms with E-state index in [1.54, 1.807) is 11.8 Å². The van der Waals surface area contributed by atoms with Gasteiger partial charge >= 0.3 is 0 Å². The van der Waals surface area contributed by atoms with Crippen molar-refractivity contribution in [1.82, 2.24) is 5.32 Å². The Morgan fingerprint density at radius 2 is 2.23 bits per heavy atom. The third kappa shape index (κ3) is 4.56. The maximum absolute atomic E-state index is 9.04. The Morgan fingerprint density at radius 1 is 1.62 bits per heavy atom. The van der Waals surface area contributed by atoms with Crippen LogP contribution in [0.15, 0.2) is 0 Å². The van der Waals surface area contributed by atoms with Crippen LogP contribution < -0.4 is 5.32 Å². The summed E-state index contributed by atoms with van der Waals surface area (Å²) in [5.74, 6) is 2.68. The third-order valence-corrected chi connectivity index (χ3v) is 3.28. The van der Waals surface area contributed by atoms with Crippen molar-refractivity contribution in [3.8, 4) is 12.3 Å². The molecule has 0 aliphatic rings. The van der Waals surface area contributed by atoms with Gasteiger partial charge in [0, 0.05) is 11.3 Å². The van der Waals surface area contributed by atoms with Gasteiger partial charge in [-0.1, -0.05) is 12.8 Å². The fraction of sp³-hybridized carbons (Fsp3) is 0.800. The molecule has 13 heavy (non-hydrogen) atoms. The van der Waals surface area contributed by atoms with E-state index in [1.807, 2.05) is 6.26 Å². The molecular weight excluding hydrogens is 182 g/mol. The van der Waals surface area contributed by atoms with Crippen molar-refractivity contribution in [2.24, 2.45) is 0 Å². The fourth-order valence-electron chi connectivity index (χ4n) is 1.15. The molecule has 3 atom stereocenters. The van der Waals surface area contributed by atoms with Gasteiger partial charge in [-0.25, -0.2) is 0 Å². The van der Waals surface area contributed by atoms with Gasteiger partial charge in [0.15, 0.2) is 0 Å². The van der Waals surface area contributed by atoms with Gasteiger partial charge in [0.25, 0.3) is 0 Å². The summed E-state index contributed by atoms with van der Waals surface area (Å²) in [6.07, 6.45) is 8.25. The highest BCUT2D eigenvalue weighted by Crippen LogP contribution is 2.11. The molecule has 0 spiro atoms. The first kappa shape index (κ1) is 12.8. The molecule has 0 aromatic carbocycles. The summed E-state index contributed by atoms with van der Waals surface area (Å²) in [6, 6.07) is 0.372. The van der Waals surface area contributed by atoms with Crippen LogP contribution >= 0.6 is 11.8 Å². The normalized spacial score (nSPS) is 17.5. The van der Waals surface area contributed by atoms with Gasteiger partial charge in [0.05, 0.1) is 12.6 Å². The third-order valence-electron chi connectivity index (χ3n) is 2.11. The molecule has 0 fully saturated rings. The number of nitrogens with one attached hydrogen (secondary N) is 1. The monoisotopic (exact) mass is 201 g/mol. The number of aliphatic hydroxyl groups is 1. The van der Waals surface area contributed by atoms with Crippen LogP contribution in [0.2, 0.25) is 0 Å². The first-order valence-electron chi connectivity index (χ1n) is 4.55. The lowest BCUT2D eigenvalue weighted by Gasteiger charge is -2.24. The van der Waals surface area contributed by atoms with Gasteiger partial charge in [-0.15, -0.1) is 6.42 Å². The molecule has 0 heterocycles. The van der Waals surface area contributed by atoms with Gasteiger partial charge in [0.1, 0.15) is 0 Å². The summed E-state index contributed by atoms with van der Waals surface area (Å²) in [5.41, 5.74) is 0. The molecule has 0 saturated heterocycles. The molecule has 2 nitrogen and oxygen atoms in total. The number of thioether (sulfide) groups is 1. The summed E-state index contributed by atoms with van der Waals surface area (Å²) in [4.78, 5) is 0. The lowest BCUT2D eigenvalue weighted by molar-refractivity contribution is 0.273. The highest BCUT2D eigenvalue weighted by molar-refractivity contribution is 7.99. The van der Waals surface area contributed by atoms with Crippen LogP contribution in [-0.4, -0.2) is 35.3 Å². The van der Waals surface area contributed by atoms with Crippen molar-refractivity contribution in [3.63, 3.8) is 0 Å². The molecular formula is C10H19NOS. The standard InChI is InChI=1S/C10H19NOS/c1-5-9(6-2)11-8(3)10(7-12)13-4/h1,8-12H,6-7H2,2-4H3. The number of terminal acetylenes is 1. The van der Waals surface area contributed by atoms with Crippen LogP contribution in [0.25, 0.3) is 0 Å². The van der Waals surface area contributed by atoms with Crippen LogP contribution in [-0.2, 0) is 0 Å². The molecule has 76 valence electrons. The van der Waals surface area contributed by atoms with Gasteiger partial charge in [-0.3, -0.25) is 5.32 Å². The average Bonchev–Trinajstić information content (AvgIpc) is 2.16. The van der Waals surface area contributed by atoms with Crippen molar-refractivity contribution < 1.29 is 5.11 Å². The summed E-state index contributed by atoms with van der Waals surface area (Å²) in [7, 11) is 0. The van der Waals surface area contributed by atoms with Crippen molar-refractivity contribution in [2.75, 3.05) is 12.9 Å². The lowest BCUT2D eigenvalue weighted by Crippen LogP contribution is -2.42. The molecule has 0 aromatic heterocycles. The molecule has 0 saturated carbocycles. The number of rotatable bonds is 6. The van der Waals surface area contributed by atoms with Gasteiger partial charge < -0.3 is 5.11 Å². The van der Waals surface area contributed by atoms with Crippen LogP contribution in [0.1, 0.15) is 20.3 Å². The quantitative estimate of drug-likeness (QED) is 0.631. The second-order valence-corrected chi connectivity index (χ2v) is 4.12. The Morgan fingerprint density at radius 3 is 2.54 bits per heavy atom.